The van der Waals surface area contributed by atoms with Crippen LogP contribution >= 0.6 is 11.6 Å². The number of carboxylic acids is 1. The molecule has 1 atom stereocenters. The van der Waals surface area contributed by atoms with Gasteiger partial charge in [0.2, 0.25) is 0 Å². The Morgan fingerprint density at radius 1 is 1.62 bits per heavy atom. The number of nitro groups is 1. The lowest BCUT2D eigenvalue weighted by molar-refractivity contribution is -0.384. The summed E-state index contributed by atoms with van der Waals surface area (Å²) in [4.78, 5) is 20.6. The monoisotopic (exact) mass is 243 g/mol. The smallest absolute Gasteiger partial charge is 0.321 e. The Morgan fingerprint density at radius 3 is 2.75 bits per heavy atom. The largest absolute Gasteiger partial charge is 0.480 e. The molecule has 0 aromatic heterocycles. The minimum Gasteiger partial charge on any atom is -0.480 e. The number of nitro benzene ring substituents is 1. The summed E-state index contributed by atoms with van der Waals surface area (Å²) < 4.78 is 0. The van der Waals surface area contributed by atoms with Crippen molar-refractivity contribution in [3.8, 4) is 0 Å². The van der Waals surface area contributed by atoms with Gasteiger partial charge in [-0.2, -0.15) is 0 Å². The average molecular weight is 244 g/mol. The van der Waals surface area contributed by atoms with E-state index >= 15 is 0 Å². The molecule has 1 unspecified atom stereocenters. The molecule has 86 valence electrons. The highest BCUT2D eigenvalue weighted by Gasteiger charge is 2.17. The van der Waals surface area contributed by atoms with Crippen LogP contribution in [0.25, 0.3) is 0 Å². The summed E-state index contributed by atoms with van der Waals surface area (Å²) >= 11 is 5.58. The number of aryl methyl sites for hydroxylation is 1. The number of carbonyl (C=O) groups is 1. The lowest BCUT2D eigenvalue weighted by atomic mass is 10.0. The molecule has 1 aromatic carbocycles. The number of hydrogen-bond donors (Lipinski definition) is 1. The molecule has 0 fully saturated rings. The first kappa shape index (κ1) is 12.4. The van der Waals surface area contributed by atoms with Gasteiger partial charge in [0.1, 0.15) is 5.38 Å². The highest BCUT2D eigenvalue weighted by atomic mass is 35.5. The lowest BCUT2D eigenvalue weighted by Gasteiger charge is -2.07. The second-order valence-corrected chi connectivity index (χ2v) is 3.90. The van der Waals surface area contributed by atoms with Crippen LogP contribution in [-0.2, 0) is 11.2 Å². The van der Waals surface area contributed by atoms with Crippen molar-refractivity contribution in [3.05, 3.63) is 39.4 Å². The van der Waals surface area contributed by atoms with E-state index in [0.717, 1.165) is 5.56 Å². The third-order valence-corrected chi connectivity index (χ3v) is 2.55. The van der Waals surface area contributed by atoms with Gasteiger partial charge in [-0.1, -0.05) is 6.07 Å². The Hall–Kier alpha value is -1.62. The first-order valence-corrected chi connectivity index (χ1v) is 4.96. The number of benzene rings is 1. The second kappa shape index (κ2) is 4.94. The minimum atomic E-state index is -1.13. The molecule has 5 nitrogen and oxygen atoms in total. The zero-order chi connectivity index (χ0) is 12.3. The molecule has 0 spiro atoms. The van der Waals surface area contributed by atoms with Crippen molar-refractivity contribution in [2.24, 2.45) is 0 Å². The molecule has 0 amide bonds. The van der Waals surface area contributed by atoms with Crippen molar-refractivity contribution in [1.82, 2.24) is 0 Å². The number of halogens is 1. The molecule has 0 radical (unpaired) electrons. The first-order valence-electron chi connectivity index (χ1n) is 4.52. The van der Waals surface area contributed by atoms with E-state index in [4.69, 9.17) is 16.7 Å². The Kier molecular flexibility index (Phi) is 3.84. The summed E-state index contributed by atoms with van der Waals surface area (Å²) in [6.45, 7) is 1.75. The number of hydrogen-bond acceptors (Lipinski definition) is 3. The quantitative estimate of drug-likeness (QED) is 0.499. The SMILES string of the molecule is Cc1ccc([N+](=O)[O-])cc1CC(Cl)C(=O)O. The number of non-ortho nitro benzene ring substituents is 1. The van der Waals surface area contributed by atoms with Crippen LogP contribution in [0.5, 0.6) is 0 Å². The van der Waals surface area contributed by atoms with Gasteiger partial charge in [-0.25, -0.2) is 0 Å². The van der Waals surface area contributed by atoms with E-state index in [9.17, 15) is 14.9 Å². The van der Waals surface area contributed by atoms with Crippen molar-refractivity contribution in [1.29, 1.82) is 0 Å². The van der Waals surface area contributed by atoms with Crippen molar-refractivity contribution in [3.63, 3.8) is 0 Å². The van der Waals surface area contributed by atoms with E-state index < -0.39 is 16.3 Å². The number of rotatable bonds is 4. The molecule has 1 N–H and O–H groups in total. The predicted molar refractivity (Wildman–Crippen MR) is 58.8 cm³/mol. The summed E-state index contributed by atoms with van der Waals surface area (Å²) in [5.41, 5.74) is 1.31. The van der Waals surface area contributed by atoms with Crippen LogP contribution in [0.15, 0.2) is 18.2 Å². The molecule has 1 aromatic rings. The molecule has 0 aliphatic rings. The van der Waals surface area contributed by atoms with Gasteiger partial charge in [-0.05, 0) is 24.5 Å². The predicted octanol–water partition coefficient (Wildman–Crippen LogP) is 2.14. The number of carboxylic acid groups (broad SMARTS) is 1. The van der Waals surface area contributed by atoms with E-state index in [1.54, 1.807) is 13.0 Å². The van der Waals surface area contributed by atoms with Crippen LogP contribution in [0.1, 0.15) is 11.1 Å². The van der Waals surface area contributed by atoms with Gasteiger partial charge >= 0.3 is 5.97 Å². The van der Waals surface area contributed by atoms with Crippen LogP contribution in [-0.4, -0.2) is 21.4 Å². The number of nitrogens with zero attached hydrogens (tertiary/aromatic N) is 1. The van der Waals surface area contributed by atoms with E-state index in [0.29, 0.717) is 5.56 Å². The van der Waals surface area contributed by atoms with E-state index in [1.165, 1.54) is 12.1 Å². The topological polar surface area (TPSA) is 80.4 Å². The minimum absolute atomic E-state index is 0.0603. The average Bonchev–Trinajstić information content (AvgIpc) is 2.20. The van der Waals surface area contributed by atoms with Crippen LogP contribution in [0, 0.1) is 17.0 Å². The second-order valence-electron chi connectivity index (χ2n) is 3.38. The normalized spacial score (nSPS) is 12.1. The highest BCUT2D eigenvalue weighted by molar-refractivity contribution is 6.29. The first-order chi connectivity index (χ1) is 7.41. The third-order valence-electron chi connectivity index (χ3n) is 2.21. The van der Waals surface area contributed by atoms with Gasteiger partial charge in [0.05, 0.1) is 4.92 Å². The third kappa shape index (κ3) is 2.93. The Morgan fingerprint density at radius 2 is 2.25 bits per heavy atom. The van der Waals surface area contributed by atoms with E-state index in [1.807, 2.05) is 0 Å². The van der Waals surface area contributed by atoms with Crippen LogP contribution in [0.3, 0.4) is 0 Å². The Balaban J connectivity index is 2.98. The van der Waals surface area contributed by atoms with Crippen molar-refractivity contribution < 1.29 is 14.8 Å². The maximum atomic E-state index is 10.6. The summed E-state index contributed by atoms with van der Waals surface area (Å²) in [7, 11) is 0. The molecule has 0 aliphatic carbocycles. The zero-order valence-electron chi connectivity index (χ0n) is 8.51. The Labute approximate surface area is 96.8 Å². The molecule has 16 heavy (non-hydrogen) atoms. The fourth-order valence-corrected chi connectivity index (χ4v) is 1.44. The standard InChI is InChI=1S/C10H10ClNO4/c1-6-2-3-8(12(15)16)4-7(6)5-9(11)10(13)14/h2-4,9H,5H2,1H3,(H,13,14). The van der Waals surface area contributed by atoms with Crippen molar-refractivity contribution in [2.75, 3.05) is 0 Å². The lowest BCUT2D eigenvalue weighted by Crippen LogP contribution is -2.16. The maximum Gasteiger partial charge on any atom is 0.321 e. The van der Waals surface area contributed by atoms with Gasteiger partial charge < -0.3 is 5.11 Å². The zero-order valence-corrected chi connectivity index (χ0v) is 9.27. The van der Waals surface area contributed by atoms with E-state index in [2.05, 4.69) is 0 Å². The van der Waals surface area contributed by atoms with Gasteiger partial charge in [-0.15, -0.1) is 11.6 Å². The maximum absolute atomic E-state index is 10.6. The van der Waals surface area contributed by atoms with Gasteiger partial charge in [0.25, 0.3) is 5.69 Å². The van der Waals surface area contributed by atoms with Crippen LogP contribution in [0.2, 0.25) is 0 Å². The molecule has 0 saturated carbocycles. The van der Waals surface area contributed by atoms with Crippen molar-refractivity contribution >= 4 is 23.3 Å². The molecular weight excluding hydrogens is 234 g/mol. The summed E-state index contributed by atoms with van der Waals surface area (Å²) in [6, 6.07) is 4.31. The molecule has 6 heteroatoms. The van der Waals surface area contributed by atoms with Crippen LogP contribution < -0.4 is 0 Å². The number of aliphatic carboxylic acids is 1. The highest BCUT2D eigenvalue weighted by Crippen LogP contribution is 2.20. The molecule has 0 aliphatic heterocycles. The summed E-state index contributed by atoms with van der Waals surface area (Å²) in [6.07, 6.45) is 0.0738. The van der Waals surface area contributed by atoms with Gasteiger partial charge in [0, 0.05) is 12.1 Å². The van der Waals surface area contributed by atoms with Crippen LogP contribution in [0.4, 0.5) is 5.69 Å². The summed E-state index contributed by atoms with van der Waals surface area (Å²) in [5, 5.41) is 18.1. The molecule has 0 bridgehead atoms. The Bertz CT molecular complexity index is 433. The molecule has 0 saturated heterocycles. The fourth-order valence-electron chi connectivity index (χ4n) is 1.27. The molecule has 0 heterocycles. The fraction of sp³-hybridized carbons (Fsp3) is 0.300. The van der Waals surface area contributed by atoms with E-state index in [-0.39, 0.29) is 12.1 Å². The molecule has 1 rings (SSSR count). The number of alkyl halides is 1. The van der Waals surface area contributed by atoms with Gasteiger partial charge in [0.15, 0.2) is 0 Å². The van der Waals surface area contributed by atoms with Gasteiger partial charge in [-0.3, -0.25) is 14.9 Å². The molecular formula is C10H10ClNO4. The summed E-state index contributed by atoms with van der Waals surface area (Å²) in [5.74, 6) is -1.13. The van der Waals surface area contributed by atoms with Crippen molar-refractivity contribution in [2.45, 2.75) is 18.7 Å².